The molecule has 40 heavy (non-hydrogen) atoms. The van der Waals surface area contributed by atoms with Crippen molar-refractivity contribution < 1.29 is 20.1 Å². The lowest BCUT2D eigenvalue weighted by molar-refractivity contribution is -0.131. The van der Waals surface area contributed by atoms with Gasteiger partial charge in [0.1, 0.15) is 6.10 Å². The summed E-state index contributed by atoms with van der Waals surface area (Å²) in [6.07, 6.45) is 35.8. The summed E-state index contributed by atoms with van der Waals surface area (Å²) in [7, 11) is 0. The summed E-state index contributed by atoms with van der Waals surface area (Å²) in [6, 6.07) is -0.815. The first-order chi connectivity index (χ1) is 19.6. The number of unbranched alkanes of at least 4 members (excludes halogenated alkanes) is 17. The van der Waals surface area contributed by atoms with Gasteiger partial charge in [-0.25, -0.2) is 0 Å². The second-order valence-electron chi connectivity index (χ2n) is 11.4. The third kappa shape index (κ3) is 25.5. The molecule has 0 radical (unpaired) electrons. The number of nitrogens with one attached hydrogen (secondary N) is 1. The highest BCUT2D eigenvalue weighted by molar-refractivity contribution is 5.80. The fraction of sp³-hybridized carbons (Fsp3) is 0.800. The number of hydrogen-bond donors (Lipinski definition) is 4. The molecule has 0 aromatic rings. The van der Waals surface area contributed by atoms with Crippen LogP contribution >= 0.6 is 0 Å². The van der Waals surface area contributed by atoms with Gasteiger partial charge in [-0.1, -0.05) is 153 Å². The van der Waals surface area contributed by atoms with Crippen LogP contribution in [0.15, 0.2) is 36.5 Å². The summed E-state index contributed by atoms with van der Waals surface area (Å²) in [4.78, 5) is 12.3. The van der Waals surface area contributed by atoms with E-state index in [4.69, 9.17) is 0 Å². The second kappa shape index (κ2) is 30.5. The Balaban J connectivity index is 3.81. The predicted molar refractivity (Wildman–Crippen MR) is 171 cm³/mol. The SMILES string of the molecule is CCC/C=C/CC/C=C/CC/C=C/C(O)C(CO)NC(=O)C(O)CCCCCCCCCCCCCCCCC. The van der Waals surface area contributed by atoms with Crippen molar-refractivity contribution in [2.75, 3.05) is 6.61 Å². The van der Waals surface area contributed by atoms with Crippen molar-refractivity contribution in [1.29, 1.82) is 0 Å². The quantitative estimate of drug-likeness (QED) is 0.0543. The molecule has 0 rings (SSSR count). The van der Waals surface area contributed by atoms with Gasteiger partial charge in [-0.15, -0.1) is 0 Å². The van der Waals surface area contributed by atoms with E-state index in [9.17, 15) is 20.1 Å². The molecule has 0 aliphatic rings. The number of aliphatic hydroxyl groups excluding tert-OH is 3. The van der Waals surface area contributed by atoms with Crippen LogP contribution in [0.3, 0.4) is 0 Å². The first kappa shape index (κ1) is 38.6. The number of amides is 1. The molecule has 0 fully saturated rings. The maximum absolute atomic E-state index is 12.3. The number of carbonyl (C=O) groups excluding carboxylic acids is 1. The molecule has 0 saturated heterocycles. The minimum Gasteiger partial charge on any atom is -0.394 e. The summed E-state index contributed by atoms with van der Waals surface area (Å²) in [5, 5.41) is 32.8. The van der Waals surface area contributed by atoms with Gasteiger partial charge >= 0.3 is 0 Å². The zero-order valence-corrected chi connectivity index (χ0v) is 26.2. The largest absolute Gasteiger partial charge is 0.394 e. The van der Waals surface area contributed by atoms with Crippen LogP contribution in [0.4, 0.5) is 0 Å². The van der Waals surface area contributed by atoms with E-state index >= 15 is 0 Å². The Morgan fingerprint density at radius 3 is 1.48 bits per heavy atom. The van der Waals surface area contributed by atoms with Gasteiger partial charge in [-0.3, -0.25) is 4.79 Å². The molecule has 0 bridgehead atoms. The van der Waals surface area contributed by atoms with Crippen molar-refractivity contribution in [3.05, 3.63) is 36.5 Å². The number of hydrogen-bond acceptors (Lipinski definition) is 4. The van der Waals surface area contributed by atoms with Crippen molar-refractivity contribution in [3.63, 3.8) is 0 Å². The Bertz CT molecular complexity index is 631. The lowest BCUT2D eigenvalue weighted by Crippen LogP contribution is -2.48. The molecule has 0 spiro atoms. The second-order valence-corrected chi connectivity index (χ2v) is 11.4. The van der Waals surface area contributed by atoms with E-state index in [1.54, 1.807) is 6.08 Å². The van der Waals surface area contributed by atoms with Crippen LogP contribution in [0.25, 0.3) is 0 Å². The molecule has 1 amide bonds. The van der Waals surface area contributed by atoms with E-state index < -0.39 is 24.2 Å². The van der Waals surface area contributed by atoms with Gasteiger partial charge in [-0.05, 0) is 38.5 Å². The summed E-state index contributed by atoms with van der Waals surface area (Å²) in [5.74, 6) is -0.521. The molecule has 0 aromatic carbocycles. The standard InChI is InChI=1S/C35H65NO4/c1-3-5-7-9-11-13-15-16-17-18-20-22-24-26-28-30-34(39)35(40)36-32(31-37)33(38)29-27-25-23-21-19-14-12-10-8-6-4-2/h8,10,19,21,27,29,32-34,37-39H,3-7,9,11-18,20,22-26,28,30-31H2,1-2H3,(H,36,40)/b10-8+,21-19+,29-27+. The van der Waals surface area contributed by atoms with Crippen molar-refractivity contribution in [2.24, 2.45) is 0 Å². The topological polar surface area (TPSA) is 89.8 Å². The first-order valence-electron chi connectivity index (χ1n) is 16.8. The fourth-order valence-electron chi connectivity index (χ4n) is 4.75. The molecule has 3 unspecified atom stereocenters. The Kier molecular flexibility index (Phi) is 29.4. The molecule has 0 saturated carbocycles. The van der Waals surface area contributed by atoms with E-state index in [1.807, 2.05) is 6.08 Å². The van der Waals surface area contributed by atoms with Crippen LogP contribution in [0.1, 0.15) is 155 Å². The monoisotopic (exact) mass is 563 g/mol. The van der Waals surface area contributed by atoms with Crippen molar-refractivity contribution in [1.82, 2.24) is 5.32 Å². The normalized spacial score (nSPS) is 14.4. The molecular weight excluding hydrogens is 498 g/mol. The first-order valence-corrected chi connectivity index (χ1v) is 16.8. The Morgan fingerprint density at radius 1 is 0.600 bits per heavy atom. The summed E-state index contributed by atoms with van der Waals surface area (Å²) < 4.78 is 0. The highest BCUT2D eigenvalue weighted by Gasteiger charge is 2.22. The molecule has 3 atom stereocenters. The third-order valence-corrected chi connectivity index (χ3v) is 7.44. The van der Waals surface area contributed by atoms with Crippen LogP contribution in [-0.2, 0) is 4.79 Å². The van der Waals surface area contributed by atoms with Gasteiger partial charge in [-0.2, -0.15) is 0 Å². The lowest BCUT2D eigenvalue weighted by atomic mass is 10.0. The minimum atomic E-state index is -1.10. The summed E-state index contributed by atoms with van der Waals surface area (Å²) in [5.41, 5.74) is 0. The van der Waals surface area contributed by atoms with Crippen molar-refractivity contribution >= 4 is 5.91 Å². The van der Waals surface area contributed by atoms with Crippen LogP contribution < -0.4 is 5.32 Å². The van der Waals surface area contributed by atoms with Gasteiger partial charge in [0.15, 0.2) is 0 Å². The molecule has 0 aromatic heterocycles. The Morgan fingerprint density at radius 2 is 1.02 bits per heavy atom. The summed E-state index contributed by atoms with van der Waals surface area (Å²) >= 11 is 0. The van der Waals surface area contributed by atoms with E-state index in [0.29, 0.717) is 6.42 Å². The molecule has 0 aliphatic carbocycles. The number of allylic oxidation sites excluding steroid dienone is 5. The maximum Gasteiger partial charge on any atom is 0.249 e. The number of carbonyl (C=O) groups is 1. The van der Waals surface area contributed by atoms with Gasteiger partial charge in [0.2, 0.25) is 5.91 Å². The van der Waals surface area contributed by atoms with Crippen LogP contribution in [0.5, 0.6) is 0 Å². The zero-order valence-electron chi connectivity index (χ0n) is 26.2. The maximum atomic E-state index is 12.3. The highest BCUT2D eigenvalue weighted by Crippen LogP contribution is 2.14. The number of rotatable bonds is 29. The highest BCUT2D eigenvalue weighted by atomic mass is 16.3. The summed E-state index contributed by atoms with van der Waals surface area (Å²) in [6.45, 7) is 4.06. The molecule has 0 aliphatic heterocycles. The van der Waals surface area contributed by atoms with Crippen LogP contribution in [0.2, 0.25) is 0 Å². The lowest BCUT2D eigenvalue weighted by Gasteiger charge is -2.21. The van der Waals surface area contributed by atoms with Crippen molar-refractivity contribution in [2.45, 2.75) is 173 Å². The van der Waals surface area contributed by atoms with Crippen LogP contribution in [0, 0.1) is 0 Å². The van der Waals surface area contributed by atoms with Gasteiger partial charge in [0.25, 0.3) is 0 Å². The van der Waals surface area contributed by atoms with E-state index in [-0.39, 0.29) is 6.61 Å². The van der Waals surface area contributed by atoms with E-state index in [0.717, 1.165) is 51.4 Å². The average Bonchev–Trinajstić information content (AvgIpc) is 2.96. The van der Waals surface area contributed by atoms with Crippen molar-refractivity contribution in [3.8, 4) is 0 Å². The Labute approximate surface area is 247 Å². The molecule has 5 heteroatoms. The van der Waals surface area contributed by atoms with Crippen LogP contribution in [-0.4, -0.2) is 46.1 Å². The molecule has 4 N–H and O–H groups in total. The third-order valence-electron chi connectivity index (χ3n) is 7.44. The smallest absolute Gasteiger partial charge is 0.249 e. The predicted octanol–water partition coefficient (Wildman–Crippen LogP) is 8.48. The van der Waals surface area contributed by atoms with Gasteiger partial charge in [0, 0.05) is 0 Å². The fourth-order valence-corrected chi connectivity index (χ4v) is 4.75. The Hall–Kier alpha value is -1.43. The van der Waals surface area contributed by atoms with E-state index in [1.165, 1.54) is 83.5 Å². The molecule has 5 nitrogen and oxygen atoms in total. The molecule has 0 heterocycles. The minimum absolute atomic E-state index is 0.381. The molecule has 234 valence electrons. The van der Waals surface area contributed by atoms with Gasteiger partial charge in [0.05, 0.1) is 18.8 Å². The number of aliphatic hydroxyl groups is 3. The van der Waals surface area contributed by atoms with Gasteiger partial charge < -0.3 is 20.6 Å². The molecular formula is C35H65NO4. The zero-order chi connectivity index (χ0) is 29.5. The average molecular weight is 564 g/mol. The van der Waals surface area contributed by atoms with E-state index in [2.05, 4.69) is 43.5 Å².